The molecular formula is C19H35BNO2S. The number of carbonyl (C=O) groups is 1. The summed E-state index contributed by atoms with van der Waals surface area (Å²) in [6.07, 6.45) is 8.97. The number of ketones is 1. The van der Waals surface area contributed by atoms with Gasteiger partial charge in [0, 0.05) is 10.7 Å². The van der Waals surface area contributed by atoms with E-state index in [2.05, 4.69) is 45.6 Å². The van der Waals surface area contributed by atoms with Gasteiger partial charge in [0.1, 0.15) is 0 Å². The average molecular weight is 352 g/mol. The van der Waals surface area contributed by atoms with Crippen molar-refractivity contribution in [1.29, 1.82) is 0 Å². The molecule has 1 saturated heterocycles. The van der Waals surface area contributed by atoms with Crippen LogP contribution in [0.5, 0.6) is 0 Å². The van der Waals surface area contributed by atoms with E-state index in [0.717, 1.165) is 38.5 Å². The molecule has 0 amide bonds. The van der Waals surface area contributed by atoms with E-state index < -0.39 is 0 Å². The predicted molar refractivity (Wildman–Crippen MR) is 105 cm³/mol. The zero-order valence-electron chi connectivity index (χ0n) is 15.9. The van der Waals surface area contributed by atoms with Crippen LogP contribution in [0, 0.1) is 11.8 Å². The van der Waals surface area contributed by atoms with Gasteiger partial charge in [-0.3, -0.25) is 4.79 Å². The van der Waals surface area contributed by atoms with Crippen LogP contribution in [0.15, 0.2) is 0 Å². The molecule has 1 aliphatic carbocycles. The van der Waals surface area contributed by atoms with Crippen molar-refractivity contribution < 1.29 is 9.45 Å². The van der Waals surface area contributed by atoms with Gasteiger partial charge in [-0.2, -0.15) is 12.6 Å². The lowest BCUT2D eigenvalue weighted by Crippen LogP contribution is -2.50. The molecule has 0 spiro atoms. The molecule has 1 heterocycles. The normalized spacial score (nSPS) is 26.0. The summed E-state index contributed by atoms with van der Waals surface area (Å²) in [5.41, 5.74) is -0.286. The van der Waals surface area contributed by atoms with Crippen LogP contribution in [0.1, 0.15) is 72.6 Å². The van der Waals surface area contributed by atoms with Crippen LogP contribution in [0.2, 0.25) is 6.32 Å². The fraction of sp³-hybridized carbons (Fsp3) is 0.947. The van der Waals surface area contributed by atoms with E-state index in [9.17, 15) is 4.79 Å². The smallest absolute Gasteiger partial charge is 0.293 e. The van der Waals surface area contributed by atoms with Gasteiger partial charge >= 0.3 is 0 Å². The third-order valence-electron chi connectivity index (χ3n) is 6.15. The molecule has 0 bridgehead atoms. The van der Waals surface area contributed by atoms with Gasteiger partial charge in [-0.15, -0.1) is 0 Å². The van der Waals surface area contributed by atoms with Crippen LogP contribution in [-0.2, 0) is 9.45 Å². The molecule has 2 aliphatic rings. The summed E-state index contributed by atoms with van der Waals surface area (Å²) in [5, 5.41) is 3.50. The molecule has 24 heavy (non-hydrogen) atoms. The van der Waals surface area contributed by atoms with Crippen molar-refractivity contribution in [2.75, 3.05) is 6.54 Å². The third-order valence-corrected chi connectivity index (χ3v) is 6.69. The molecule has 1 saturated carbocycles. The van der Waals surface area contributed by atoms with Crippen molar-refractivity contribution >= 4 is 25.9 Å². The molecule has 1 aliphatic heterocycles. The molecule has 2 rings (SSSR count). The Kier molecular flexibility index (Phi) is 7.27. The first-order chi connectivity index (χ1) is 11.2. The van der Waals surface area contributed by atoms with Gasteiger partial charge in [0.25, 0.3) is 7.48 Å². The summed E-state index contributed by atoms with van der Waals surface area (Å²) < 4.78 is 5.75. The van der Waals surface area contributed by atoms with Crippen molar-refractivity contribution in [3.05, 3.63) is 0 Å². The van der Waals surface area contributed by atoms with Crippen molar-refractivity contribution in [1.82, 2.24) is 5.32 Å². The zero-order valence-corrected chi connectivity index (χ0v) is 16.8. The molecule has 3 nitrogen and oxygen atoms in total. The number of rotatable bonds is 9. The molecule has 0 aromatic rings. The Bertz CT molecular complexity index is 418. The monoisotopic (exact) mass is 352 g/mol. The summed E-state index contributed by atoms with van der Waals surface area (Å²) in [7, 11) is 1.94. The van der Waals surface area contributed by atoms with Gasteiger partial charge in [0.15, 0.2) is 5.78 Å². The van der Waals surface area contributed by atoms with E-state index in [1.807, 2.05) is 7.48 Å². The van der Waals surface area contributed by atoms with E-state index in [0.29, 0.717) is 17.6 Å². The highest BCUT2D eigenvalue weighted by Crippen LogP contribution is 2.33. The van der Waals surface area contributed by atoms with Crippen LogP contribution in [0.4, 0.5) is 0 Å². The van der Waals surface area contributed by atoms with E-state index in [1.165, 1.54) is 19.3 Å². The van der Waals surface area contributed by atoms with Crippen molar-refractivity contribution in [3.63, 3.8) is 0 Å². The number of Topliss-reactive ketones (excluding diaryl/α,β-unsaturated/α-hetero) is 1. The van der Waals surface area contributed by atoms with Crippen molar-refractivity contribution in [3.8, 4) is 0 Å². The lowest BCUT2D eigenvalue weighted by molar-refractivity contribution is -0.129. The summed E-state index contributed by atoms with van der Waals surface area (Å²) in [6, 6.07) is 0.109. The highest BCUT2D eigenvalue weighted by Gasteiger charge is 2.37. The van der Waals surface area contributed by atoms with Gasteiger partial charge in [0.05, 0.1) is 11.6 Å². The van der Waals surface area contributed by atoms with Crippen molar-refractivity contribution in [2.24, 2.45) is 11.8 Å². The SMILES string of the molecule is CC(C)(S)C(C)(C)O[B]CCCC1CCCNC1C(=O)C1CCC1. The zero-order chi connectivity index (χ0) is 17.8. The molecule has 1 radical (unpaired) electrons. The minimum absolute atomic E-state index is 0.109. The van der Waals surface area contributed by atoms with Gasteiger partial charge in [-0.05, 0) is 72.3 Å². The van der Waals surface area contributed by atoms with Gasteiger partial charge in [0.2, 0.25) is 0 Å². The quantitative estimate of drug-likeness (QED) is 0.374. The highest BCUT2D eigenvalue weighted by molar-refractivity contribution is 7.81. The maximum atomic E-state index is 12.6. The Morgan fingerprint density at radius 1 is 1.21 bits per heavy atom. The number of carbonyl (C=O) groups excluding carboxylic acids is 1. The molecule has 2 fully saturated rings. The summed E-state index contributed by atoms with van der Waals surface area (Å²) in [5.74, 6) is 1.34. The maximum absolute atomic E-state index is 12.6. The summed E-state index contributed by atoms with van der Waals surface area (Å²) >= 11 is 4.62. The molecule has 5 heteroatoms. The molecule has 137 valence electrons. The van der Waals surface area contributed by atoms with Crippen LogP contribution in [0.3, 0.4) is 0 Å². The summed E-state index contributed by atoms with van der Waals surface area (Å²) in [6.45, 7) is 9.31. The second-order valence-corrected chi connectivity index (χ2v) is 9.77. The van der Waals surface area contributed by atoms with Gasteiger partial charge < -0.3 is 9.97 Å². The number of hydrogen-bond acceptors (Lipinski definition) is 4. The van der Waals surface area contributed by atoms with E-state index >= 15 is 0 Å². The molecule has 2 atom stereocenters. The molecule has 1 N–H and O–H groups in total. The first kappa shape index (κ1) is 20.3. The fourth-order valence-corrected chi connectivity index (χ4v) is 3.47. The number of thiol groups is 1. The first-order valence-electron chi connectivity index (χ1n) is 9.71. The lowest BCUT2D eigenvalue weighted by atomic mass is 9.74. The Morgan fingerprint density at radius 2 is 1.92 bits per heavy atom. The maximum Gasteiger partial charge on any atom is 0.293 e. The Labute approximate surface area is 154 Å². The number of nitrogens with one attached hydrogen (secondary N) is 1. The molecule has 2 unspecified atom stereocenters. The molecule has 0 aromatic heterocycles. The average Bonchev–Trinajstić information content (AvgIpc) is 2.44. The minimum atomic E-state index is -0.286. The number of piperidine rings is 1. The number of hydrogen-bond donors (Lipinski definition) is 2. The van der Waals surface area contributed by atoms with Gasteiger partial charge in [-0.25, -0.2) is 0 Å². The Morgan fingerprint density at radius 3 is 2.50 bits per heavy atom. The third kappa shape index (κ3) is 5.25. The minimum Gasteiger partial charge on any atom is -0.434 e. The van der Waals surface area contributed by atoms with E-state index in [1.54, 1.807) is 0 Å². The molecular weight excluding hydrogens is 317 g/mol. The van der Waals surface area contributed by atoms with Crippen molar-refractivity contribution in [2.45, 2.75) is 95.4 Å². The Balaban J connectivity index is 1.71. The standard InChI is InChI=1S/C19H35BNO2S/c1-18(2,19(3,4)24)23-20-12-6-10-14-11-7-13-21-16(14)17(22)15-8-5-9-15/h14-16,21,24H,5-13H2,1-4H3. The first-order valence-corrected chi connectivity index (χ1v) is 10.2. The second-order valence-electron chi connectivity index (χ2n) is 8.65. The van der Waals surface area contributed by atoms with Crippen LogP contribution in [-0.4, -0.2) is 36.2 Å². The summed E-state index contributed by atoms with van der Waals surface area (Å²) in [4.78, 5) is 12.6. The highest BCUT2D eigenvalue weighted by atomic mass is 32.1. The van der Waals surface area contributed by atoms with E-state index in [-0.39, 0.29) is 16.4 Å². The molecule has 0 aromatic carbocycles. The fourth-order valence-electron chi connectivity index (χ4n) is 3.42. The van der Waals surface area contributed by atoms with Crippen LogP contribution in [0.25, 0.3) is 0 Å². The van der Waals surface area contributed by atoms with Gasteiger partial charge in [-0.1, -0.05) is 19.2 Å². The Hall–Kier alpha value is 0.00494. The largest absolute Gasteiger partial charge is 0.434 e. The van der Waals surface area contributed by atoms with Crippen LogP contribution >= 0.6 is 12.6 Å². The lowest BCUT2D eigenvalue weighted by Gasteiger charge is -2.38. The van der Waals surface area contributed by atoms with Crippen LogP contribution < -0.4 is 5.32 Å². The second kappa shape index (κ2) is 8.59. The van der Waals surface area contributed by atoms with E-state index in [4.69, 9.17) is 4.65 Å². The predicted octanol–water partition coefficient (Wildman–Crippen LogP) is 4.05. The topological polar surface area (TPSA) is 38.3 Å².